The number of hydrogen-bond donors (Lipinski definition) is 0. The summed E-state index contributed by atoms with van der Waals surface area (Å²) in [6.07, 6.45) is -25.2. The summed E-state index contributed by atoms with van der Waals surface area (Å²) in [7, 11) is -5.90. The number of alkyl halides is 12. The van der Waals surface area contributed by atoms with Crippen LogP contribution in [0.25, 0.3) is 0 Å². The molecule has 5 aromatic rings. The monoisotopic (exact) mass is 867 g/mol. The van der Waals surface area contributed by atoms with Crippen molar-refractivity contribution in [1.29, 1.82) is 0 Å². The Balaban J connectivity index is 0.000000206. The molecule has 0 fully saturated rings. The molecule has 7 rings (SSSR count). The number of halogens is 12. The summed E-state index contributed by atoms with van der Waals surface area (Å²) in [5.41, 5.74) is -13.8. The molecule has 0 aliphatic carbocycles. The Bertz CT molecular complexity index is 1810. The van der Waals surface area contributed by atoms with Gasteiger partial charge in [0, 0.05) is 0 Å². The first kappa shape index (κ1) is 38.1. The SMILES string of the molecule is FC(F)(F)C1(C(F)(F)F)O[PH]2(OC(C(F)(F)F)(C(F)(F)F)c3ccccc32)c2ccccc21.c1cc[c]([Sn]([c]2ccccc2)[c]2ccccc2)cc1. The van der Waals surface area contributed by atoms with Crippen LogP contribution in [0, 0.1) is 0 Å². The Labute approximate surface area is 296 Å². The molecular formula is C36H24F12O2PSn. The molecule has 16 heteroatoms. The van der Waals surface area contributed by atoms with Gasteiger partial charge in [0.05, 0.1) is 0 Å². The van der Waals surface area contributed by atoms with E-state index < -0.39 is 85.1 Å². The molecule has 2 nitrogen and oxygen atoms in total. The van der Waals surface area contributed by atoms with Crippen LogP contribution in [0.2, 0.25) is 0 Å². The third-order valence-electron chi connectivity index (χ3n) is 8.70. The van der Waals surface area contributed by atoms with Crippen molar-refractivity contribution in [2.75, 3.05) is 0 Å². The Hall–Kier alpha value is -3.59. The zero-order valence-corrected chi connectivity index (χ0v) is 30.0. The maximum atomic E-state index is 13.9. The van der Waals surface area contributed by atoms with E-state index in [4.69, 9.17) is 0 Å². The molecule has 0 N–H and O–H groups in total. The van der Waals surface area contributed by atoms with Crippen LogP contribution in [0.4, 0.5) is 52.7 Å². The summed E-state index contributed by atoms with van der Waals surface area (Å²) >= 11 is -1.98. The quantitative estimate of drug-likeness (QED) is 0.104. The van der Waals surface area contributed by atoms with Crippen molar-refractivity contribution >= 4 is 48.8 Å². The number of rotatable bonds is 3. The Kier molecular flexibility index (Phi) is 9.80. The van der Waals surface area contributed by atoms with E-state index >= 15 is 0 Å². The summed E-state index contributed by atoms with van der Waals surface area (Å²) in [5, 5.41) is -2.30. The average molecular weight is 866 g/mol. The van der Waals surface area contributed by atoms with Gasteiger partial charge in [0.2, 0.25) is 0 Å². The van der Waals surface area contributed by atoms with Crippen LogP contribution < -0.4 is 21.3 Å². The molecule has 0 saturated heterocycles. The van der Waals surface area contributed by atoms with Crippen LogP contribution in [-0.4, -0.2) is 44.5 Å². The van der Waals surface area contributed by atoms with E-state index in [9.17, 15) is 52.7 Å². The van der Waals surface area contributed by atoms with Crippen molar-refractivity contribution < 1.29 is 61.7 Å². The van der Waals surface area contributed by atoms with E-state index in [1.807, 2.05) is 0 Å². The minimum atomic E-state index is -6.31. The Morgan fingerprint density at radius 3 is 0.885 bits per heavy atom. The van der Waals surface area contributed by atoms with Crippen molar-refractivity contribution in [3.05, 3.63) is 151 Å². The van der Waals surface area contributed by atoms with Gasteiger partial charge in [0.1, 0.15) is 0 Å². The van der Waals surface area contributed by atoms with E-state index in [-0.39, 0.29) is 0 Å². The van der Waals surface area contributed by atoms with Crippen molar-refractivity contribution in [2.24, 2.45) is 0 Å². The molecule has 1 spiro atoms. The molecule has 0 unspecified atom stereocenters. The molecule has 273 valence electrons. The number of fused-ring (bicyclic) bond motifs is 4. The van der Waals surface area contributed by atoms with Gasteiger partial charge < -0.3 is 0 Å². The third-order valence-corrected chi connectivity index (χ3v) is 20.0. The molecule has 2 aliphatic heterocycles. The van der Waals surface area contributed by atoms with Crippen LogP contribution in [0.5, 0.6) is 0 Å². The summed E-state index contributed by atoms with van der Waals surface area (Å²) in [6, 6.07) is 37.8. The van der Waals surface area contributed by atoms with Crippen molar-refractivity contribution in [3.63, 3.8) is 0 Å². The molecule has 0 aromatic heterocycles. The van der Waals surface area contributed by atoms with Gasteiger partial charge >= 0.3 is 297 Å². The van der Waals surface area contributed by atoms with Crippen LogP contribution in [-0.2, 0) is 20.2 Å². The zero-order chi connectivity index (χ0) is 37.8. The summed E-state index contributed by atoms with van der Waals surface area (Å²) in [5.74, 6) is 0. The van der Waals surface area contributed by atoms with Crippen molar-refractivity contribution in [2.45, 2.75) is 35.9 Å². The molecule has 5 aromatic carbocycles. The fraction of sp³-hybridized carbons (Fsp3) is 0.167. The van der Waals surface area contributed by atoms with Gasteiger partial charge in [-0.25, -0.2) is 0 Å². The van der Waals surface area contributed by atoms with Gasteiger partial charge in [-0.3, -0.25) is 0 Å². The Morgan fingerprint density at radius 2 is 0.615 bits per heavy atom. The van der Waals surface area contributed by atoms with Crippen LogP contribution in [0.1, 0.15) is 11.1 Å². The molecular weight excluding hydrogens is 842 g/mol. The normalized spacial score (nSPS) is 17.9. The topological polar surface area (TPSA) is 18.5 Å². The molecule has 1 radical (unpaired) electrons. The van der Waals surface area contributed by atoms with Gasteiger partial charge in [0.15, 0.2) is 0 Å². The van der Waals surface area contributed by atoms with Gasteiger partial charge in [-0.2, -0.15) is 0 Å². The van der Waals surface area contributed by atoms with Crippen LogP contribution >= 0.6 is 7.72 Å². The third kappa shape index (κ3) is 5.99. The van der Waals surface area contributed by atoms with E-state index in [1.165, 1.54) is 10.7 Å². The van der Waals surface area contributed by atoms with E-state index in [0.717, 1.165) is 24.3 Å². The first-order valence-corrected chi connectivity index (χ1v) is 21.3. The number of hydrogen-bond acceptors (Lipinski definition) is 2. The van der Waals surface area contributed by atoms with Gasteiger partial charge in [-0.05, 0) is 0 Å². The first-order chi connectivity index (χ1) is 24.3. The summed E-state index contributed by atoms with van der Waals surface area (Å²) in [4.78, 5) is 0. The second-order valence-corrected chi connectivity index (χ2v) is 21.5. The summed E-state index contributed by atoms with van der Waals surface area (Å²) < 4.78 is 181. The van der Waals surface area contributed by atoms with Crippen molar-refractivity contribution in [3.8, 4) is 0 Å². The predicted octanol–water partition coefficient (Wildman–Crippen LogP) is 8.12. The second-order valence-electron chi connectivity index (χ2n) is 11.7. The minimum absolute atomic E-state index is 0.297. The molecule has 0 atom stereocenters. The van der Waals surface area contributed by atoms with E-state index in [1.54, 1.807) is 0 Å². The molecule has 2 heterocycles. The maximum absolute atomic E-state index is 13.9. The van der Waals surface area contributed by atoms with Gasteiger partial charge in [0.25, 0.3) is 0 Å². The van der Waals surface area contributed by atoms with Crippen LogP contribution in [0.3, 0.4) is 0 Å². The fourth-order valence-electron chi connectivity index (χ4n) is 6.56. The Morgan fingerprint density at radius 1 is 0.365 bits per heavy atom. The van der Waals surface area contributed by atoms with Gasteiger partial charge in [-0.15, -0.1) is 0 Å². The zero-order valence-electron chi connectivity index (χ0n) is 26.1. The first-order valence-electron chi connectivity index (χ1n) is 15.2. The van der Waals surface area contributed by atoms with Crippen molar-refractivity contribution in [1.82, 2.24) is 0 Å². The molecule has 0 saturated carbocycles. The second kappa shape index (κ2) is 13.4. The molecule has 0 amide bonds. The average Bonchev–Trinajstić information content (AvgIpc) is 3.59. The molecule has 52 heavy (non-hydrogen) atoms. The van der Waals surface area contributed by atoms with Gasteiger partial charge in [-0.1, -0.05) is 0 Å². The standard InChI is InChI=1S/C18H9F12O2P.3C6H5.Sn/c19-15(20,21)13(16(22,23)24)9-5-1-3-7-11(9)33(31-13)12-8-4-2-6-10(12)14(32-33,17(25,26)27)18(28,29)30;3*1-2-4-6-5-3-1;/h1-8,33H;3*1-5H;. The fourth-order valence-corrected chi connectivity index (χ4v) is 18.1. The number of benzene rings is 5. The molecule has 2 aliphatic rings. The predicted molar refractivity (Wildman–Crippen MR) is 174 cm³/mol. The van der Waals surface area contributed by atoms with E-state index in [0.29, 0.717) is 24.3 Å². The van der Waals surface area contributed by atoms with Crippen LogP contribution in [0.15, 0.2) is 140 Å². The van der Waals surface area contributed by atoms with E-state index in [2.05, 4.69) is 100 Å². The molecule has 0 bridgehead atoms. The summed E-state index contributed by atoms with van der Waals surface area (Å²) in [6.45, 7) is 0.